The predicted octanol–water partition coefficient (Wildman–Crippen LogP) is 3.52. The number of rotatable bonds is 4. The molecule has 1 saturated carbocycles. The summed E-state index contributed by atoms with van der Waals surface area (Å²) in [5.74, 6) is 1.82. The van der Waals surface area contributed by atoms with Gasteiger partial charge in [0.15, 0.2) is 0 Å². The number of nitrogens with zero attached hydrogens (tertiary/aromatic N) is 1. The van der Waals surface area contributed by atoms with Gasteiger partial charge in [0.1, 0.15) is 0 Å². The maximum Gasteiger partial charge on any atom is 0.0107 e. The fourth-order valence-electron chi connectivity index (χ4n) is 3.79. The van der Waals surface area contributed by atoms with E-state index in [1.165, 1.54) is 58.3 Å². The Kier molecular flexibility index (Phi) is 5.30. The van der Waals surface area contributed by atoms with Gasteiger partial charge >= 0.3 is 0 Å². The van der Waals surface area contributed by atoms with Gasteiger partial charge in [-0.15, -0.1) is 0 Å². The van der Waals surface area contributed by atoms with Crippen molar-refractivity contribution < 1.29 is 0 Å². The highest BCUT2D eigenvalue weighted by Crippen LogP contribution is 2.33. The summed E-state index contributed by atoms with van der Waals surface area (Å²) in [6.07, 6.45) is 7.05. The lowest BCUT2D eigenvalue weighted by Gasteiger charge is -2.29. The maximum atomic E-state index is 3.79. The molecule has 1 heterocycles. The Morgan fingerprint density at radius 1 is 1.16 bits per heavy atom. The lowest BCUT2D eigenvalue weighted by molar-refractivity contribution is 0.225. The van der Waals surface area contributed by atoms with Gasteiger partial charge in [-0.1, -0.05) is 40.5 Å². The van der Waals surface area contributed by atoms with Crippen LogP contribution in [0.15, 0.2) is 0 Å². The number of nitrogens with one attached hydrogen (secondary N) is 1. The van der Waals surface area contributed by atoms with Crippen molar-refractivity contribution in [2.24, 2.45) is 17.3 Å². The molecule has 2 aliphatic rings. The van der Waals surface area contributed by atoms with Crippen molar-refractivity contribution in [2.75, 3.05) is 26.2 Å². The first-order valence-electron chi connectivity index (χ1n) is 8.41. The summed E-state index contributed by atoms with van der Waals surface area (Å²) in [5.41, 5.74) is 0.487. The Morgan fingerprint density at radius 3 is 2.58 bits per heavy atom. The molecule has 2 rings (SSSR count). The minimum atomic E-state index is 0.487. The first kappa shape index (κ1) is 15.3. The molecular weight excluding hydrogens is 232 g/mol. The Hall–Kier alpha value is -0.0800. The van der Waals surface area contributed by atoms with Crippen LogP contribution in [0.3, 0.4) is 0 Å². The predicted molar refractivity (Wildman–Crippen MR) is 83.4 cm³/mol. The molecule has 1 N–H and O–H groups in total. The molecule has 2 fully saturated rings. The van der Waals surface area contributed by atoms with Crippen LogP contribution in [0.5, 0.6) is 0 Å². The molecule has 0 bridgehead atoms. The van der Waals surface area contributed by atoms with Crippen LogP contribution >= 0.6 is 0 Å². The van der Waals surface area contributed by atoms with Crippen LogP contribution in [-0.4, -0.2) is 37.1 Å². The third kappa shape index (κ3) is 4.75. The fourth-order valence-corrected chi connectivity index (χ4v) is 3.79. The molecule has 0 amide bonds. The first-order valence-corrected chi connectivity index (χ1v) is 8.41. The zero-order valence-electron chi connectivity index (χ0n) is 13.5. The summed E-state index contributed by atoms with van der Waals surface area (Å²) in [6, 6.07) is 0.796. The fraction of sp³-hybridized carbons (Fsp3) is 1.00. The second-order valence-corrected chi connectivity index (χ2v) is 8.08. The summed E-state index contributed by atoms with van der Waals surface area (Å²) in [6.45, 7) is 14.6. The molecule has 112 valence electrons. The van der Waals surface area contributed by atoms with Crippen molar-refractivity contribution in [3.05, 3.63) is 0 Å². The highest BCUT2D eigenvalue weighted by molar-refractivity contribution is 4.84. The number of likely N-dealkylation sites (tertiary alicyclic amines) is 1. The highest BCUT2D eigenvalue weighted by Gasteiger charge is 2.31. The molecule has 0 spiro atoms. The van der Waals surface area contributed by atoms with Crippen LogP contribution in [-0.2, 0) is 0 Å². The number of hydrogen-bond acceptors (Lipinski definition) is 2. The Bertz CT molecular complexity index is 269. The SMILES string of the molecule is CC1CCCC(NCCN2CCC(C(C)(C)C)C2)C1. The van der Waals surface area contributed by atoms with Crippen LogP contribution in [0, 0.1) is 17.3 Å². The second kappa shape index (κ2) is 6.58. The molecule has 19 heavy (non-hydrogen) atoms. The largest absolute Gasteiger partial charge is 0.313 e. The van der Waals surface area contributed by atoms with Gasteiger partial charge in [-0.05, 0) is 43.1 Å². The van der Waals surface area contributed by atoms with Crippen LogP contribution in [0.25, 0.3) is 0 Å². The second-order valence-electron chi connectivity index (χ2n) is 8.08. The molecule has 3 atom stereocenters. The molecule has 2 nitrogen and oxygen atoms in total. The van der Waals surface area contributed by atoms with Gasteiger partial charge in [0, 0.05) is 25.7 Å². The van der Waals surface area contributed by atoms with E-state index in [-0.39, 0.29) is 0 Å². The first-order chi connectivity index (χ1) is 8.95. The third-order valence-corrected chi connectivity index (χ3v) is 5.29. The summed E-state index contributed by atoms with van der Waals surface area (Å²) in [4.78, 5) is 2.66. The molecule has 1 aliphatic carbocycles. The average Bonchev–Trinajstić information content (AvgIpc) is 2.77. The molecule has 0 radical (unpaired) electrons. The Labute approximate surface area is 120 Å². The van der Waals surface area contributed by atoms with E-state index in [2.05, 4.69) is 37.9 Å². The average molecular weight is 266 g/mol. The van der Waals surface area contributed by atoms with Crippen LogP contribution in [0.1, 0.15) is 59.8 Å². The van der Waals surface area contributed by atoms with Crippen LogP contribution in [0.2, 0.25) is 0 Å². The van der Waals surface area contributed by atoms with Crippen molar-refractivity contribution in [1.82, 2.24) is 10.2 Å². The van der Waals surface area contributed by atoms with Gasteiger partial charge in [0.05, 0.1) is 0 Å². The summed E-state index contributed by atoms with van der Waals surface area (Å²) in [5, 5.41) is 3.79. The van der Waals surface area contributed by atoms with E-state index in [4.69, 9.17) is 0 Å². The monoisotopic (exact) mass is 266 g/mol. The topological polar surface area (TPSA) is 15.3 Å². The molecule has 3 unspecified atom stereocenters. The lowest BCUT2D eigenvalue weighted by atomic mass is 9.80. The van der Waals surface area contributed by atoms with Crippen molar-refractivity contribution in [3.8, 4) is 0 Å². The molecule has 0 aromatic carbocycles. The van der Waals surface area contributed by atoms with Gasteiger partial charge < -0.3 is 10.2 Å². The number of hydrogen-bond donors (Lipinski definition) is 1. The minimum absolute atomic E-state index is 0.487. The zero-order valence-corrected chi connectivity index (χ0v) is 13.5. The Balaban J connectivity index is 1.62. The maximum absolute atomic E-state index is 3.79. The van der Waals surface area contributed by atoms with Crippen molar-refractivity contribution >= 4 is 0 Å². The van der Waals surface area contributed by atoms with E-state index in [9.17, 15) is 0 Å². The van der Waals surface area contributed by atoms with Crippen molar-refractivity contribution in [3.63, 3.8) is 0 Å². The van der Waals surface area contributed by atoms with Gasteiger partial charge in [0.2, 0.25) is 0 Å². The van der Waals surface area contributed by atoms with E-state index >= 15 is 0 Å². The van der Waals surface area contributed by atoms with Crippen molar-refractivity contribution in [2.45, 2.75) is 65.8 Å². The van der Waals surface area contributed by atoms with E-state index in [1.54, 1.807) is 0 Å². The van der Waals surface area contributed by atoms with Crippen molar-refractivity contribution in [1.29, 1.82) is 0 Å². The lowest BCUT2D eigenvalue weighted by Crippen LogP contribution is -2.39. The van der Waals surface area contributed by atoms with Gasteiger partial charge in [0.25, 0.3) is 0 Å². The summed E-state index contributed by atoms with van der Waals surface area (Å²) >= 11 is 0. The van der Waals surface area contributed by atoms with Crippen LogP contribution < -0.4 is 5.32 Å². The zero-order chi connectivity index (χ0) is 13.9. The van der Waals surface area contributed by atoms with E-state index < -0.39 is 0 Å². The van der Waals surface area contributed by atoms with Gasteiger partial charge in [-0.2, -0.15) is 0 Å². The Morgan fingerprint density at radius 2 is 1.95 bits per heavy atom. The molecule has 0 aromatic heterocycles. The quantitative estimate of drug-likeness (QED) is 0.837. The van der Waals surface area contributed by atoms with E-state index in [0.717, 1.165) is 17.9 Å². The normalized spacial score (nSPS) is 33.8. The van der Waals surface area contributed by atoms with E-state index in [1.807, 2.05) is 0 Å². The van der Waals surface area contributed by atoms with E-state index in [0.29, 0.717) is 5.41 Å². The molecule has 0 aromatic rings. The van der Waals surface area contributed by atoms with Gasteiger partial charge in [-0.3, -0.25) is 0 Å². The summed E-state index contributed by atoms with van der Waals surface area (Å²) < 4.78 is 0. The molecule has 1 saturated heterocycles. The standard InChI is InChI=1S/C17H34N2/c1-14-6-5-7-16(12-14)18-9-11-19-10-8-15(13-19)17(2,3)4/h14-16,18H,5-13H2,1-4H3. The highest BCUT2D eigenvalue weighted by atomic mass is 15.2. The smallest absolute Gasteiger partial charge is 0.0107 e. The van der Waals surface area contributed by atoms with Crippen LogP contribution in [0.4, 0.5) is 0 Å². The minimum Gasteiger partial charge on any atom is -0.313 e. The van der Waals surface area contributed by atoms with Gasteiger partial charge in [-0.25, -0.2) is 0 Å². The summed E-state index contributed by atoms with van der Waals surface area (Å²) in [7, 11) is 0. The molecule has 2 heteroatoms. The molecule has 1 aliphatic heterocycles. The molecular formula is C17H34N2. The third-order valence-electron chi connectivity index (χ3n) is 5.29.